The van der Waals surface area contributed by atoms with E-state index in [0.29, 0.717) is 11.2 Å². The van der Waals surface area contributed by atoms with E-state index in [1.807, 2.05) is 0 Å². The van der Waals surface area contributed by atoms with Gasteiger partial charge in [-0.2, -0.15) is 0 Å². The molecule has 3 N–H and O–H groups in total. The number of hydrogen-bond acceptors (Lipinski definition) is 7. The predicted octanol–water partition coefficient (Wildman–Crippen LogP) is -1.56. The smallest absolute Gasteiger partial charge is 0.165 e. The average Bonchev–Trinajstić information content (AvgIpc) is 2.93. The molecule has 0 radical (unpaired) electrons. The third-order valence-corrected chi connectivity index (χ3v) is 3.03. The minimum Gasteiger partial charge on any atom is -0.394 e. The van der Waals surface area contributed by atoms with E-state index in [-0.39, 0.29) is 6.61 Å². The molecule has 2 aromatic rings. The fourth-order valence-corrected chi connectivity index (χ4v) is 2.08. The molecule has 0 saturated carbocycles. The van der Waals surface area contributed by atoms with E-state index in [1.54, 1.807) is 6.20 Å². The summed E-state index contributed by atoms with van der Waals surface area (Å²) in [6, 6.07) is 0. The van der Waals surface area contributed by atoms with Crippen molar-refractivity contribution in [2.45, 2.75) is 24.5 Å². The zero-order chi connectivity index (χ0) is 12.7. The summed E-state index contributed by atoms with van der Waals surface area (Å²) in [4.78, 5) is 12.0. The number of rotatable bonds is 2. The van der Waals surface area contributed by atoms with Gasteiger partial charge in [-0.1, -0.05) is 0 Å². The number of aliphatic hydroxyl groups is 3. The van der Waals surface area contributed by atoms with Crippen molar-refractivity contribution in [3.8, 4) is 0 Å². The van der Waals surface area contributed by atoms with Gasteiger partial charge in [-0.25, -0.2) is 15.0 Å². The lowest BCUT2D eigenvalue weighted by Crippen LogP contribution is -2.33. The Bertz CT molecular complexity index is 560. The standard InChI is InChI=1S/C10H12N4O4/c15-2-6-7(16)8(17)10(18-6)14-4-13-5-1-11-3-12-9(5)14/h1,3-4,6-8,10,15-17H,2H2/t6-,7-,8-,10-/m1/s1/i4+1. The van der Waals surface area contributed by atoms with E-state index in [9.17, 15) is 10.2 Å². The highest BCUT2D eigenvalue weighted by atomic mass is 16.6. The van der Waals surface area contributed by atoms with Crippen LogP contribution in [0, 0.1) is 0 Å². The molecule has 0 aromatic carbocycles. The molecule has 1 fully saturated rings. The SMILES string of the molecule is OC[C@H]1O[C@@H](n2[13cH]nc3cncnc32)[C@H](O)[C@@H]1O. The van der Waals surface area contributed by atoms with Gasteiger partial charge in [0, 0.05) is 0 Å². The summed E-state index contributed by atoms with van der Waals surface area (Å²) in [5.74, 6) is 0. The third kappa shape index (κ3) is 1.58. The number of fused-ring (bicyclic) bond motifs is 1. The van der Waals surface area contributed by atoms with Crippen LogP contribution in [0.25, 0.3) is 11.2 Å². The van der Waals surface area contributed by atoms with Crippen molar-refractivity contribution < 1.29 is 20.1 Å². The molecule has 1 saturated heterocycles. The van der Waals surface area contributed by atoms with Gasteiger partial charge in [0.05, 0.1) is 19.1 Å². The molecular formula is C10H12N4O4. The van der Waals surface area contributed by atoms with E-state index >= 15 is 0 Å². The van der Waals surface area contributed by atoms with Gasteiger partial charge in [-0.05, 0) is 0 Å². The van der Waals surface area contributed by atoms with Gasteiger partial charge >= 0.3 is 0 Å². The highest BCUT2D eigenvalue weighted by molar-refractivity contribution is 5.68. The van der Waals surface area contributed by atoms with Crippen LogP contribution in [0.4, 0.5) is 0 Å². The van der Waals surface area contributed by atoms with Crippen molar-refractivity contribution in [3.63, 3.8) is 0 Å². The first kappa shape index (κ1) is 11.5. The first-order valence-electron chi connectivity index (χ1n) is 5.47. The quantitative estimate of drug-likeness (QED) is 0.593. The summed E-state index contributed by atoms with van der Waals surface area (Å²) < 4.78 is 6.91. The monoisotopic (exact) mass is 253 g/mol. The summed E-state index contributed by atoms with van der Waals surface area (Å²) in [6.07, 6.45) is 0.442. The second kappa shape index (κ2) is 4.25. The number of ether oxygens (including phenoxy) is 1. The molecule has 8 heteroatoms. The molecular weight excluding hydrogens is 241 g/mol. The zero-order valence-electron chi connectivity index (χ0n) is 9.29. The Morgan fingerprint density at radius 2 is 2.11 bits per heavy atom. The Kier molecular flexibility index (Phi) is 2.71. The largest absolute Gasteiger partial charge is 0.394 e. The molecule has 1 aliphatic heterocycles. The lowest BCUT2D eigenvalue weighted by molar-refractivity contribution is -0.0511. The lowest BCUT2D eigenvalue weighted by atomic mass is 10.1. The van der Waals surface area contributed by atoms with Crippen LogP contribution in [0.3, 0.4) is 0 Å². The first-order valence-corrected chi connectivity index (χ1v) is 5.47. The second-order valence-electron chi connectivity index (χ2n) is 4.11. The lowest BCUT2D eigenvalue weighted by Gasteiger charge is -2.16. The minimum atomic E-state index is -1.14. The summed E-state index contributed by atoms with van der Waals surface area (Å²) in [7, 11) is 0. The van der Waals surface area contributed by atoms with Gasteiger partial charge in [0.2, 0.25) is 0 Å². The van der Waals surface area contributed by atoms with Crippen LogP contribution >= 0.6 is 0 Å². The zero-order valence-corrected chi connectivity index (χ0v) is 9.29. The van der Waals surface area contributed by atoms with Crippen molar-refractivity contribution in [2.75, 3.05) is 6.61 Å². The topological polar surface area (TPSA) is 114 Å². The molecule has 0 unspecified atom stereocenters. The van der Waals surface area contributed by atoms with Gasteiger partial charge in [0.25, 0.3) is 0 Å². The van der Waals surface area contributed by atoms with Crippen LogP contribution in [-0.4, -0.2) is 59.8 Å². The normalized spacial score (nSPS) is 32.2. The van der Waals surface area contributed by atoms with Crippen molar-refractivity contribution in [3.05, 3.63) is 18.9 Å². The number of imidazole rings is 1. The van der Waals surface area contributed by atoms with E-state index in [1.165, 1.54) is 17.2 Å². The Hall–Kier alpha value is -1.61. The van der Waals surface area contributed by atoms with Gasteiger partial charge in [-0.3, -0.25) is 4.57 Å². The Labute approximate surface area is 102 Å². The van der Waals surface area contributed by atoms with E-state index in [0.717, 1.165) is 0 Å². The maximum Gasteiger partial charge on any atom is 0.165 e. The predicted molar refractivity (Wildman–Crippen MR) is 58.3 cm³/mol. The van der Waals surface area contributed by atoms with E-state index < -0.39 is 24.5 Å². The molecule has 8 nitrogen and oxygen atoms in total. The van der Waals surface area contributed by atoms with Crippen LogP contribution in [0.1, 0.15) is 6.23 Å². The molecule has 0 amide bonds. The van der Waals surface area contributed by atoms with Crippen LogP contribution in [0.15, 0.2) is 18.9 Å². The van der Waals surface area contributed by atoms with Crippen LogP contribution < -0.4 is 0 Å². The molecule has 0 spiro atoms. The summed E-state index contributed by atoms with van der Waals surface area (Å²) in [6.45, 7) is -0.365. The molecule has 2 aromatic heterocycles. The summed E-state index contributed by atoms with van der Waals surface area (Å²) in [5, 5.41) is 28.6. The van der Waals surface area contributed by atoms with Crippen LogP contribution in [0.2, 0.25) is 0 Å². The minimum absolute atomic E-state index is 0.365. The van der Waals surface area contributed by atoms with Gasteiger partial charge in [-0.15, -0.1) is 0 Å². The Balaban J connectivity index is 2.00. The molecule has 18 heavy (non-hydrogen) atoms. The van der Waals surface area contributed by atoms with Gasteiger partial charge < -0.3 is 20.1 Å². The van der Waals surface area contributed by atoms with Crippen molar-refractivity contribution >= 4 is 11.2 Å². The molecule has 1 aliphatic rings. The number of aromatic nitrogens is 4. The van der Waals surface area contributed by atoms with Crippen molar-refractivity contribution in [2.24, 2.45) is 0 Å². The van der Waals surface area contributed by atoms with Crippen molar-refractivity contribution in [1.29, 1.82) is 0 Å². The molecule has 3 heterocycles. The number of hydrogen-bond donors (Lipinski definition) is 3. The van der Waals surface area contributed by atoms with Crippen LogP contribution in [-0.2, 0) is 4.74 Å². The molecule has 96 valence electrons. The average molecular weight is 253 g/mol. The molecule has 4 atom stereocenters. The number of aliphatic hydroxyl groups excluding tert-OH is 3. The molecule has 0 bridgehead atoms. The Morgan fingerprint density at radius 3 is 2.83 bits per heavy atom. The van der Waals surface area contributed by atoms with Gasteiger partial charge in [0.15, 0.2) is 11.9 Å². The summed E-state index contributed by atoms with van der Waals surface area (Å²) >= 11 is 0. The fraction of sp³-hybridized carbons (Fsp3) is 0.500. The Morgan fingerprint density at radius 1 is 1.28 bits per heavy atom. The second-order valence-corrected chi connectivity index (χ2v) is 4.11. The maximum absolute atomic E-state index is 9.91. The highest BCUT2D eigenvalue weighted by Gasteiger charge is 2.43. The van der Waals surface area contributed by atoms with Crippen LogP contribution in [0.5, 0.6) is 0 Å². The maximum atomic E-state index is 9.91. The first-order chi connectivity index (χ1) is 8.72. The molecule has 0 aliphatic carbocycles. The van der Waals surface area contributed by atoms with Crippen molar-refractivity contribution in [1.82, 2.24) is 19.5 Å². The van der Waals surface area contributed by atoms with E-state index in [4.69, 9.17) is 9.84 Å². The van der Waals surface area contributed by atoms with Gasteiger partial charge in [0.1, 0.15) is 30.2 Å². The molecule has 3 rings (SSSR count). The summed E-state index contributed by atoms with van der Waals surface area (Å²) in [5.41, 5.74) is 1.06. The highest BCUT2D eigenvalue weighted by Crippen LogP contribution is 2.30. The fourth-order valence-electron chi connectivity index (χ4n) is 2.08. The van der Waals surface area contributed by atoms with E-state index in [2.05, 4.69) is 15.0 Å². The number of nitrogens with zero attached hydrogens (tertiary/aromatic N) is 4. The third-order valence-electron chi connectivity index (χ3n) is 3.03.